The van der Waals surface area contributed by atoms with Crippen LogP contribution < -0.4 is 24.8 Å². The summed E-state index contributed by atoms with van der Waals surface area (Å²) in [5, 5.41) is 8.95. The minimum absolute atomic E-state index is 0. The second-order valence-electron chi connectivity index (χ2n) is 6.56. The predicted octanol–water partition coefficient (Wildman–Crippen LogP) is 4.13. The van der Waals surface area contributed by atoms with Crippen LogP contribution in [0, 0.1) is 0 Å². The van der Waals surface area contributed by atoms with Gasteiger partial charge in [0.05, 0.1) is 40.1 Å². The number of methoxy groups -OCH3 is 3. The second kappa shape index (κ2) is 12.2. The first-order chi connectivity index (χ1) is 14.7. The van der Waals surface area contributed by atoms with Crippen LogP contribution in [0.2, 0.25) is 0 Å². The highest BCUT2D eigenvalue weighted by Gasteiger charge is 2.13. The number of nitrogens with one attached hydrogen (secondary N) is 2. The van der Waals surface area contributed by atoms with Crippen LogP contribution in [0.1, 0.15) is 18.2 Å². The van der Waals surface area contributed by atoms with Crippen LogP contribution in [0.15, 0.2) is 53.7 Å². The molecule has 0 amide bonds. The monoisotopic (exact) mass is 536 g/mol. The minimum Gasteiger partial charge on any atom is -0.493 e. The van der Waals surface area contributed by atoms with Gasteiger partial charge in [0.25, 0.3) is 0 Å². The molecule has 0 aliphatic carbocycles. The molecule has 0 saturated carbocycles. The number of guanidine groups is 1. The van der Waals surface area contributed by atoms with E-state index in [1.54, 1.807) is 21.3 Å². The van der Waals surface area contributed by atoms with E-state index < -0.39 is 0 Å². The van der Waals surface area contributed by atoms with Crippen molar-refractivity contribution in [1.82, 2.24) is 15.6 Å². The van der Waals surface area contributed by atoms with Gasteiger partial charge in [-0.1, -0.05) is 24.3 Å². The molecule has 1 heterocycles. The fraction of sp³-hybridized carbons (Fsp3) is 0.304. The average Bonchev–Trinajstić information content (AvgIpc) is 2.79. The van der Waals surface area contributed by atoms with E-state index in [2.05, 4.69) is 27.8 Å². The minimum atomic E-state index is 0. The first-order valence-electron chi connectivity index (χ1n) is 9.83. The molecule has 2 aromatic carbocycles. The maximum absolute atomic E-state index is 5.43. The number of benzene rings is 2. The van der Waals surface area contributed by atoms with Gasteiger partial charge in [-0.2, -0.15) is 0 Å². The van der Waals surface area contributed by atoms with Gasteiger partial charge < -0.3 is 24.8 Å². The maximum Gasteiger partial charge on any atom is 0.203 e. The van der Waals surface area contributed by atoms with E-state index in [9.17, 15) is 0 Å². The van der Waals surface area contributed by atoms with E-state index in [1.165, 1.54) is 5.39 Å². The Morgan fingerprint density at radius 2 is 1.68 bits per heavy atom. The molecule has 0 saturated heterocycles. The number of hydrogen-bond acceptors (Lipinski definition) is 5. The van der Waals surface area contributed by atoms with Crippen LogP contribution in [-0.2, 0) is 13.1 Å². The number of hydrogen-bond donors (Lipinski definition) is 2. The van der Waals surface area contributed by atoms with E-state index in [1.807, 2.05) is 43.5 Å². The van der Waals surface area contributed by atoms with Crippen LogP contribution in [0.3, 0.4) is 0 Å². The van der Waals surface area contributed by atoms with Gasteiger partial charge in [0, 0.05) is 18.1 Å². The molecule has 166 valence electrons. The maximum atomic E-state index is 5.43. The summed E-state index contributed by atoms with van der Waals surface area (Å²) in [5.41, 5.74) is 1.93. The van der Waals surface area contributed by atoms with E-state index in [0.717, 1.165) is 23.2 Å². The molecular weight excluding hydrogens is 507 g/mol. The third kappa shape index (κ3) is 6.13. The molecule has 0 atom stereocenters. The van der Waals surface area contributed by atoms with Crippen molar-refractivity contribution in [1.29, 1.82) is 0 Å². The highest BCUT2D eigenvalue weighted by atomic mass is 127. The Morgan fingerprint density at radius 1 is 0.968 bits per heavy atom. The van der Waals surface area contributed by atoms with Gasteiger partial charge in [-0.15, -0.1) is 24.0 Å². The standard InChI is InChI=1S/C23H28N4O3.HI/c1-5-24-23(27-15-19-18-9-7-6-8-17(18)10-11-25-19)26-14-16-12-20(28-2)22(30-4)21(13-16)29-3;/h6-13H,5,14-15H2,1-4H3,(H2,24,26,27);1H. The SMILES string of the molecule is CCNC(=NCc1cc(OC)c(OC)c(OC)c1)NCc1nccc2ccccc12.I. The van der Waals surface area contributed by atoms with Crippen LogP contribution in [-0.4, -0.2) is 38.8 Å². The molecule has 31 heavy (non-hydrogen) atoms. The summed E-state index contributed by atoms with van der Waals surface area (Å²) in [4.78, 5) is 9.23. The van der Waals surface area contributed by atoms with Crippen LogP contribution >= 0.6 is 24.0 Å². The number of halogens is 1. The highest BCUT2D eigenvalue weighted by molar-refractivity contribution is 14.0. The van der Waals surface area contributed by atoms with Crippen molar-refractivity contribution < 1.29 is 14.2 Å². The number of aromatic nitrogens is 1. The number of nitrogens with zero attached hydrogens (tertiary/aromatic N) is 2. The first kappa shape index (κ1) is 24.5. The number of rotatable bonds is 8. The molecule has 7 nitrogen and oxygen atoms in total. The Balaban J connectivity index is 0.00000341. The van der Waals surface area contributed by atoms with E-state index >= 15 is 0 Å². The molecule has 0 aliphatic rings. The molecule has 3 aromatic rings. The van der Waals surface area contributed by atoms with Crippen LogP contribution in [0.5, 0.6) is 17.2 Å². The normalized spacial score (nSPS) is 10.9. The van der Waals surface area contributed by atoms with Crippen molar-refractivity contribution >= 4 is 40.7 Å². The summed E-state index contributed by atoms with van der Waals surface area (Å²) < 4.78 is 16.2. The van der Waals surface area contributed by atoms with Crippen molar-refractivity contribution in [2.75, 3.05) is 27.9 Å². The largest absolute Gasteiger partial charge is 0.493 e. The summed E-state index contributed by atoms with van der Waals surface area (Å²) in [7, 11) is 4.80. The van der Waals surface area contributed by atoms with Gasteiger partial charge in [0.15, 0.2) is 17.5 Å². The smallest absolute Gasteiger partial charge is 0.203 e. The highest BCUT2D eigenvalue weighted by Crippen LogP contribution is 2.38. The molecule has 2 N–H and O–H groups in total. The molecule has 0 radical (unpaired) electrons. The zero-order chi connectivity index (χ0) is 21.3. The lowest BCUT2D eigenvalue weighted by Crippen LogP contribution is -2.37. The van der Waals surface area contributed by atoms with E-state index in [0.29, 0.717) is 36.3 Å². The van der Waals surface area contributed by atoms with Gasteiger partial charge in [-0.25, -0.2) is 4.99 Å². The van der Waals surface area contributed by atoms with Crippen LogP contribution in [0.4, 0.5) is 0 Å². The third-order valence-electron chi connectivity index (χ3n) is 4.67. The quantitative estimate of drug-likeness (QED) is 0.256. The lowest BCUT2D eigenvalue weighted by atomic mass is 10.1. The molecule has 0 spiro atoms. The number of ether oxygens (including phenoxy) is 3. The van der Waals surface area contributed by atoms with Crippen LogP contribution in [0.25, 0.3) is 10.8 Å². The molecule has 0 bridgehead atoms. The van der Waals surface area contributed by atoms with Crippen molar-refractivity contribution in [3.8, 4) is 17.2 Å². The fourth-order valence-corrected chi connectivity index (χ4v) is 3.23. The third-order valence-corrected chi connectivity index (χ3v) is 4.67. The Bertz CT molecular complexity index is 996. The Hall–Kier alpha value is -2.75. The van der Waals surface area contributed by atoms with Gasteiger partial charge in [-0.05, 0) is 36.1 Å². The number of aliphatic imine (C=N–C) groups is 1. The van der Waals surface area contributed by atoms with Gasteiger partial charge in [0.1, 0.15) is 0 Å². The Kier molecular flexibility index (Phi) is 9.64. The first-order valence-corrected chi connectivity index (χ1v) is 9.83. The number of pyridine rings is 1. The zero-order valence-corrected chi connectivity index (χ0v) is 20.6. The van der Waals surface area contributed by atoms with Crippen molar-refractivity contribution in [2.45, 2.75) is 20.0 Å². The molecule has 0 aliphatic heterocycles. The molecule has 8 heteroatoms. The lowest BCUT2D eigenvalue weighted by Gasteiger charge is -2.14. The Morgan fingerprint density at radius 3 is 2.32 bits per heavy atom. The average molecular weight is 536 g/mol. The van der Waals surface area contributed by atoms with Crippen molar-refractivity contribution in [2.24, 2.45) is 4.99 Å². The zero-order valence-electron chi connectivity index (χ0n) is 18.3. The van der Waals surface area contributed by atoms with E-state index in [-0.39, 0.29) is 24.0 Å². The molecule has 3 rings (SSSR count). The summed E-state index contributed by atoms with van der Waals surface area (Å²) in [6, 6.07) is 14.0. The number of fused-ring (bicyclic) bond motifs is 1. The second-order valence-corrected chi connectivity index (χ2v) is 6.56. The lowest BCUT2D eigenvalue weighted by molar-refractivity contribution is 0.324. The van der Waals surface area contributed by atoms with Gasteiger partial charge >= 0.3 is 0 Å². The van der Waals surface area contributed by atoms with Gasteiger partial charge in [-0.3, -0.25) is 4.98 Å². The summed E-state index contributed by atoms with van der Waals surface area (Å²) >= 11 is 0. The Labute approximate surface area is 200 Å². The topological polar surface area (TPSA) is 77.0 Å². The molecule has 0 unspecified atom stereocenters. The fourth-order valence-electron chi connectivity index (χ4n) is 3.23. The summed E-state index contributed by atoms with van der Waals surface area (Å²) in [5.74, 6) is 2.50. The molecule has 0 fully saturated rings. The molecular formula is C23H29IN4O3. The van der Waals surface area contributed by atoms with Gasteiger partial charge in [0.2, 0.25) is 5.75 Å². The predicted molar refractivity (Wildman–Crippen MR) is 135 cm³/mol. The summed E-state index contributed by atoms with van der Waals surface area (Å²) in [6.45, 7) is 3.81. The van der Waals surface area contributed by atoms with Crippen molar-refractivity contribution in [3.05, 3.63) is 59.9 Å². The molecule has 1 aromatic heterocycles. The summed E-state index contributed by atoms with van der Waals surface area (Å²) in [6.07, 6.45) is 1.83. The van der Waals surface area contributed by atoms with E-state index in [4.69, 9.17) is 19.2 Å². The van der Waals surface area contributed by atoms with Crippen molar-refractivity contribution in [3.63, 3.8) is 0 Å².